The van der Waals surface area contributed by atoms with Gasteiger partial charge < -0.3 is 9.64 Å². The first-order valence-electron chi connectivity index (χ1n) is 13.6. The van der Waals surface area contributed by atoms with Crippen molar-refractivity contribution in [3.05, 3.63) is 87.7 Å². The van der Waals surface area contributed by atoms with Crippen molar-refractivity contribution < 1.29 is 4.74 Å². The highest BCUT2D eigenvalue weighted by atomic mass is 16.5. The lowest BCUT2D eigenvalue weighted by atomic mass is 9.96. The summed E-state index contributed by atoms with van der Waals surface area (Å²) in [5, 5.41) is 5.23. The van der Waals surface area contributed by atoms with Crippen molar-refractivity contribution in [1.82, 2.24) is 9.66 Å². The second kappa shape index (κ2) is 11.2. The zero-order valence-corrected chi connectivity index (χ0v) is 22.8. The van der Waals surface area contributed by atoms with Gasteiger partial charge in [-0.15, -0.1) is 0 Å². The molecule has 0 aliphatic carbocycles. The van der Waals surface area contributed by atoms with Crippen molar-refractivity contribution >= 4 is 22.8 Å². The van der Waals surface area contributed by atoms with Crippen LogP contribution in [0.4, 0.5) is 5.69 Å². The third-order valence-electron chi connectivity index (χ3n) is 7.21. The van der Waals surface area contributed by atoms with Crippen LogP contribution in [-0.2, 0) is 0 Å². The van der Waals surface area contributed by atoms with E-state index in [0.717, 1.165) is 41.1 Å². The summed E-state index contributed by atoms with van der Waals surface area (Å²) < 4.78 is 7.37. The number of aromatic nitrogens is 2. The Morgan fingerprint density at radius 3 is 2.47 bits per heavy atom. The van der Waals surface area contributed by atoms with Gasteiger partial charge >= 0.3 is 0 Å². The molecule has 1 aliphatic heterocycles. The topological polar surface area (TPSA) is 59.7 Å². The van der Waals surface area contributed by atoms with Crippen LogP contribution >= 0.6 is 0 Å². The van der Waals surface area contributed by atoms with Gasteiger partial charge in [-0.25, -0.2) is 4.98 Å². The number of hydrogen-bond donors (Lipinski definition) is 0. The fourth-order valence-electron chi connectivity index (χ4n) is 5.12. The molecule has 2 heterocycles. The second-order valence-corrected chi connectivity index (χ2v) is 10.2. The molecule has 1 fully saturated rings. The maximum absolute atomic E-state index is 13.7. The van der Waals surface area contributed by atoms with E-state index in [-0.39, 0.29) is 11.5 Å². The molecule has 3 aromatic carbocycles. The molecule has 0 N–H and O–H groups in total. The Morgan fingerprint density at radius 1 is 1.03 bits per heavy atom. The lowest BCUT2D eigenvalue weighted by Crippen LogP contribution is -2.29. The van der Waals surface area contributed by atoms with Gasteiger partial charge in [-0.2, -0.15) is 9.78 Å². The van der Waals surface area contributed by atoms with Crippen LogP contribution in [0.1, 0.15) is 62.6 Å². The number of hydrogen-bond acceptors (Lipinski definition) is 5. The largest absolute Gasteiger partial charge is 0.494 e. The molecule has 38 heavy (non-hydrogen) atoms. The Labute approximate surface area is 224 Å². The molecule has 4 aromatic rings. The van der Waals surface area contributed by atoms with Gasteiger partial charge in [0.1, 0.15) is 5.75 Å². The summed E-state index contributed by atoms with van der Waals surface area (Å²) in [6, 6.07) is 20.0. The SMILES string of the molecule is CCOc1cc(C)c(-c2nc3ccccc3c(=O)n2N=Cc2ccc(N3CCCCC3)cc2)cc1C(C)C. The van der Waals surface area contributed by atoms with Crippen LogP contribution in [0.3, 0.4) is 0 Å². The van der Waals surface area contributed by atoms with Gasteiger partial charge in [0.2, 0.25) is 0 Å². The molecule has 5 rings (SSSR count). The van der Waals surface area contributed by atoms with E-state index in [1.54, 1.807) is 12.3 Å². The average Bonchev–Trinajstić information content (AvgIpc) is 2.93. The number of aryl methyl sites for hydroxylation is 1. The van der Waals surface area contributed by atoms with Crippen molar-refractivity contribution in [2.45, 2.75) is 52.9 Å². The maximum atomic E-state index is 13.7. The van der Waals surface area contributed by atoms with Gasteiger partial charge in [-0.05, 0) is 92.1 Å². The standard InChI is InChI=1S/C32H36N4O2/c1-5-38-30-19-23(4)28(20-27(30)22(2)3)31-34-29-12-8-7-11-26(29)32(37)36(31)33-21-24-13-15-25(16-14-24)35-17-9-6-10-18-35/h7-8,11-16,19-22H,5-6,9-10,17-18H2,1-4H3. The van der Waals surface area contributed by atoms with Crippen LogP contribution in [0, 0.1) is 6.92 Å². The summed E-state index contributed by atoms with van der Waals surface area (Å²) in [4.78, 5) is 21.0. The molecule has 1 aromatic heterocycles. The molecule has 0 radical (unpaired) electrons. The number of nitrogens with zero attached hydrogens (tertiary/aromatic N) is 4. The third-order valence-corrected chi connectivity index (χ3v) is 7.21. The number of para-hydroxylation sites is 1. The molecule has 0 unspecified atom stereocenters. The lowest BCUT2D eigenvalue weighted by molar-refractivity contribution is 0.335. The van der Waals surface area contributed by atoms with Gasteiger partial charge in [-0.1, -0.05) is 38.1 Å². The van der Waals surface area contributed by atoms with E-state index >= 15 is 0 Å². The molecule has 1 saturated heterocycles. The van der Waals surface area contributed by atoms with Gasteiger partial charge in [0.25, 0.3) is 5.56 Å². The Bertz CT molecular complexity index is 1510. The van der Waals surface area contributed by atoms with E-state index in [1.807, 2.05) is 38.1 Å². The van der Waals surface area contributed by atoms with Crippen LogP contribution < -0.4 is 15.2 Å². The minimum Gasteiger partial charge on any atom is -0.494 e. The molecule has 0 atom stereocenters. The lowest BCUT2D eigenvalue weighted by Gasteiger charge is -2.28. The van der Waals surface area contributed by atoms with Gasteiger partial charge in [0, 0.05) is 24.3 Å². The number of piperidine rings is 1. The second-order valence-electron chi connectivity index (χ2n) is 10.2. The summed E-state index contributed by atoms with van der Waals surface area (Å²) in [5.74, 6) is 1.64. The molecule has 0 spiro atoms. The molecule has 0 amide bonds. The first-order valence-corrected chi connectivity index (χ1v) is 13.6. The molecule has 1 aliphatic rings. The first-order chi connectivity index (χ1) is 18.5. The van der Waals surface area contributed by atoms with Crippen LogP contribution in [0.2, 0.25) is 0 Å². The predicted molar refractivity (Wildman–Crippen MR) is 157 cm³/mol. The van der Waals surface area contributed by atoms with Crippen LogP contribution in [0.5, 0.6) is 5.75 Å². The predicted octanol–water partition coefficient (Wildman–Crippen LogP) is 6.77. The summed E-state index contributed by atoms with van der Waals surface area (Å²) in [7, 11) is 0. The highest BCUT2D eigenvalue weighted by Gasteiger charge is 2.18. The Hall–Kier alpha value is -3.93. The molecule has 6 heteroatoms. The van der Waals surface area contributed by atoms with Crippen molar-refractivity contribution in [3.63, 3.8) is 0 Å². The summed E-state index contributed by atoms with van der Waals surface area (Å²) in [6.07, 6.45) is 5.54. The maximum Gasteiger partial charge on any atom is 0.282 e. The van der Waals surface area contributed by atoms with Crippen molar-refractivity contribution in [3.8, 4) is 17.1 Å². The zero-order valence-electron chi connectivity index (χ0n) is 22.8. The quantitative estimate of drug-likeness (QED) is 0.259. The Morgan fingerprint density at radius 2 is 1.76 bits per heavy atom. The van der Waals surface area contributed by atoms with Crippen LogP contribution in [-0.4, -0.2) is 35.6 Å². The van der Waals surface area contributed by atoms with Crippen LogP contribution in [0.15, 0.2) is 70.6 Å². The Kier molecular flexibility index (Phi) is 7.59. The number of fused-ring (bicyclic) bond motifs is 1. The van der Waals surface area contributed by atoms with Crippen molar-refractivity contribution in [2.24, 2.45) is 5.10 Å². The third kappa shape index (κ3) is 5.21. The minimum absolute atomic E-state index is 0.189. The smallest absolute Gasteiger partial charge is 0.282 e. The van der Waals surface area contributed by atoms with Gasteiger partial charge in [0.05, 0.1) is 23.7 Å². The first kappa shape index (κ1) is 25.7. The van der Waals surface area contributed by atoms with Gasteiger partial charge in [-0.3, -0.25) is 4.79 Å². The highest BCUT2D eigenvalue weighted by Crippen LogP contribution is 2.34. The summed E-state index contributed by atoms with van der Waals surface area (Å²) >= 11 is 0. The average molecular weight is 509 g/mol. The summed E-state index contributed by atoms with van der Waals surface area (Å²) in [6.45, 7) is 11.1. The van der Waals surface area contributed by atoms with E-state index < -0.39 is 0 Å². The minimum atomic E-state index is -0.189. The normalized spacial score (nSPS) is 14.1. The zero-order chi connectivity index (χ0) is 26.6. The number of anilines is 1. The molecule has 6 nitrogen and oxygen atoms in total. The molecule has 196 valence electrons. The van der Waals surface area contributed by atoms with Gasteiger partial charge in [0.15, 0.2) is 5.82 Å². The van der Waals surface area contributed by atoms with E-state index in [4.69, 9.17) is 14.8 Å². The van der Waals surface area contributed by atoms with E-state index in [9.17, 15) is 4.79 Å². The van der Waals surface area contributed by atoms with E-state index in [0.29, 0.717) is 23.3 Å². The number of ether oxygens (including phenoxy) is 1. The van der Waals surface area contributed by atoms with E-state index in [2.05, 4.69) is 49.1 Å². The molecular formula is C32H36N4O2. The van der Waals surface area contributed by atoms with Crippen LogP contribution in [0.25, 0.3) is 22.3 Å². The fraction of sp³-hybridized carbons (Fsp3) is 0.344. The highest BCUT2D eigenvalue weighted by molar-refractivity contribution is 5.83. The van der Waals surface area contributed by atoms with Crippen molar-refractivity contribution in [2.75, 3.05) is 24.6 Å². The monoisotopic (exact) mass is 508 g/mol. The number of benzene rings is 3. The Balaban J connectivity index is 1.60. The molecule has 0 bridgehead atoms. The molecular weight excluding hydrogens is 472 g/mol. The summed E-state index contributed by atoms with van der Waals surface area (Å²) in [5.41, 5.74) is 5.57. The molecule has 0 saturated carbocycles. The van der Waals surface area contributed by atoms with Crippen molar-refractivity contribution in [1.29, 1.82) is 0 Å². The van der Waals surface area contributed by atoms with E-state index in [1.165, 1.54) is 29.6 Å². The number of rotatable bonds is 7. The fourth-order valence-corrected chi connectivity index (χ4v) is 5.12.